The first-order chi connectivity index (χ1) is 9.70. The molecule has 0 aliphatic rings. The van der Waals surface area contributed by atoms with E-state index in [9.17, 15) is 4.79 Å². The molecular weight excluding hydrogens is 330 g/mol. The van der Waals surface area contributed by atoms with Gasteiger partial charge in [0.2, 0.25) is 0 Å². The number of carbonyl (C=O) groups is 1. The Bertz CT molecular complexity index is 685. The molecule has 0 unspecified atom stereocenters. The highest BCUT2D eigenvalue weighted by atomic mass is 79.9. The lowest BCUT2D eigenvalue weighted by Gasteiger charge is -2.19. The summed E-state index contributed by atoms with van der Waals surface area (Å²) < 4.78 is 0.689. The van der Waals surface area contributed by atoms with Gasteiger partial charge in [0.25, 0.3) is 0 Å². The average molecular weight is 348 g/mol. The third-order valence-corrected chi connectivity index (χ3v) is 4.03. The summed E-state index contributed by atoms with van der Waals surface area (Å²) in [5, 5.41) is 9.12. The standard InChI is InChI=1S/C17H18BrNO2/c1-10-13(16(20)21)9-14(18)15(19-10)11-5-7-12(8-6-11)17(2,3)4/h5-9H,1-4H3,(H,20,21). The van der Waals surface area contributed by atoms with Crippen LogP contribution in [0.2, 0.25) is 0 Å². The Hall–Kier alpha value is -1.68. The van der Waals surface area contributed by atoms with Gasteiger partial charge in [0.1, 0.15) is 0 Å². The van der Waals surface area contributed by atoms with Gasteiger partial charge < -0.3 is 5.11 Å². The minimum absolute atomic E-state index is 0.103. The van der Waals surface area contributed by atoms with Gasteiger partial charge in [-0.15, -0.1) is 0 Å². The van der Waals surface area contributed by atoms with Gasteiger partial charge in [0, 0.05) is 10.0 Å². The molecule has 0 saturated heterocycles. The number of nitrogens with zero attached hydrogens (tertiary/aromatic N) is 1. The number of halogens is 1. The SMILES string of the molecule is Cc1nc(-c2ccc(C(C)(C)C)cc2)c(Br)cc1C(=O)O. The van der Waals surface area contributed by atoms with Gasteiger partial charge in [0.05, 0.1) is 17.0 Å². The lowest BCUT2D eigenvalue weighted by molar-refractivity contribution is 0.0695. The van der Waals surface area contributed by atoms with Gasteiger partial charge in [-0.05, 0) is 39.9 Å². The van der Waals surface area contributed by atoms with Crippen molar-refractivity contribution in [3.63, 3.8) is 0 Å². The smallest absolute Gasteiger partial charge is 0.337 e. The lowest BCUT2D eigenvalue weighted by Crippen LogP contribution is -2.10. The van der Waals surface area contributed by atoms with E-state index >= 15 is 0 Å². The maximum atomic E-state index is 11.1. The van der Waals surface area contributed by atoms with Crippen molar-refractivity contribution in [1.29, 1.82) is 0 Å². The number of aryl methyl sites for hydroxylation is 1. The third-order valence-electron chi connectivity index (χ3n) is 3.42. The Labute approximate surface area is 133 Å². The fraction of sp³-hybridized carbons (Fsp3) is 0.294. The van der Waals surface area contributed by atoms with E-state index in [1.54, 1.807) is 13.0 Å². The Balaban J connectivity index is 2.48. The Morgan fingerprint density at radius 1 is 1.19 bits per heavy atom. The van der Waals surface area contributed by atoms with Gasteiger partial charge in [-0.25, -0.2) is 4.79 Å². The van der Waals surface area contributed by atoms with E-state index < -0.39 is 5.97 Å². The fourth-order valence-electron chi connectivity index (χ4n) is 2.13. The summed E-state index contributed by atoms with van der Waals surface area (Å²) in [7, 11) is 0. The van der Waals surface area contributed by atoms with Crippen molar-refractivity contribution in [2.45, 2.75) is 33.1 Å². The highest BCUT2D eigenvalue weighted by Crippen LogP contribution is 2.30. The molecule has 4 heteroatoms. The molecular formula is C17H18BrNO2. The van der Waals surface area contributed by atoms with E-state index in [1.807, 2.05) is 12.1 Å². The van der Waals surface area contributed by atoms with E-state index in [0.717, 1.165) is 11.3 Å². The van der Waals surface area contributed by atoms with Crippen LogP contribution in [0.5, 0.6) is 0 Å². The zero-order chi connectivity index (χ0) is 15.8. The summed E-state index contributed by atoms with van der Waals surface area (Å²) in [5.74, 6) is -0.963. The summed E-state index contributed by atoms with van der Waals surface area (Å²) in [5.41, 5.74) is 3.82. The maximum Gasteiger partial charge on any atom is 0.337 e. The van der Waals surface area contributed by atoms with Crippen molar-refractivity contribution in [2.75, 3.05) is 0 Å². The van der Waals surface area contributed by atoms with Crippen LogP contribution in [-0.4, -0.2) is 16.1 Å². The Morgan fingerprint density at radius 3 is 2.24 bits per heavy atom. The van der Waals surface area contributed by atoms with Gasteiger partial charge in [-0.1, -0.05) is 45.0 Å². The minimum atomic E-state index is -0.963. The summed E-state index contributed by atoms with van der Waals surface area (Å²) in [6, 6.07) is 9.83. The molecule has 0 bridgehead atoms. The monoisotopic (exact) mass is 347 g/mol. The second-order valence-corrected chi connectivity index (χ2v) is 6.94. The predicted molar refractivity (Wildman–Crippen MR) is 87.8 cm³/mol. The van der Waals surface area contributed by atoms with Crippen LogP contribution in [0.4, 0.5) is 0 Å². The second-order valence-electron chi connectivity index (χ2n) is 6.08. The number of rotatable bonds is 2. The van der Waals surface area contributed by atoms with Gasteiger partial charge in [-0.3, -0.25) is 4.98 Å². The normalized spacial score (nSPS) is 11.5. The quantitative estimate of drug-likeness (QED) is 0.847. The molecule has 0 atom stereocenters. The molecule has 1 aromatic carbocycles. The van der Waals surface area contributed by atoms with Crippen molar-refractivity contribution in [3.05, 3.63) is 51.6 Å². The molecule has 2 aromatic rings. The average Bonchev–Trinajstić information content (AvgIpc) is 2.40. The van der Waals surface area contributed by atoms with Crippen molar-refractivity contribution < 1.29 is 9.90 Å². The van der Waals surface area contributed by atoms with Crippen LogP contribution in [0, 0.1) is 6.92 Å². The van der Waals surface area contributed by atoms with Crippen molar-refractivity contribution in [2.24, 2.45) is 0 Å². The molecule has 0 amide bonds. The lowest BCUT2D eigenvalue weighted by atomic mass is 9.86. The highest BCUT2D eigenvalue weighted by Gasteiger charge is 2.16. The first kappa shape index (κ1) is 15.7. The number of carboxylic acid groups (broad SMARTS) is 1. The first-order valence-corrected chi connectivity index (χ1v) is 7.51. The van der Waals surface area contributed by atoms with Crippen molar-refractivity contribution in [1.82, 2.24) is 4.98 Å². The molecule has 2 rings (SSSR count). The van der Waals surface area contributed by atoms with Gasteiger partial charge in [-0.2, -0.15) is 0 Å². The van der Waals surface area contributed by atoms with E-state index in [2.05, 4.69) is 53.8 Å². The van der Waals surface area contributed by atoms with Crippen LogP contribution < -0.4 is 0 Å². The number of benzene rings is 1. The zero-order valence-corrected chi connectivity index (χ0v) is 14.2. The third kappa shape index (κ3) is 3.32. The molecule has 21 heavy (non-hydrogen) atoms. The summed E-state index contributed by atoms with van der Waals surface area (Å²) in [6.07, 6.45) is 0. The number of carboxylic acids is 1. The number of hydrogen-bond donors (Lipinski definition) is 1. The minimum Gasteiger partial charge on any atom is -0.478 e. The molecule has 3 nitrogen and oxygen atoms in total. The van der Waals surface area contributed by atoms with Crippen molar-refractivity contribution in [3.8, 4) is 11.3 Å². The van der Waals surface area contributed by atoms with Crippen LogP contribution in [0.3, 0.4) is 0 Å². The molecule has 110 valence electrons. The Kier molecular flexibility index (Phi) is 4.19. The van der Waals surface area contributed by atoms with E-state index in [0.29, 0.717) is 10.2 Å². The first-order valence-electron chi connectivity index (χ1n) is 6.71. The van der Waals surface area contributed by atoms with Gasteiger partial charge >= 0.3 is 5.97 Å². The number of pyridine rings is 1. The van der Waals surface area contributed by atoms with E-state index in [4.69, 9.17) is 5.11 Å². The molecule has 0 spiro atoms. The highest BCUT2D eigenvalue weighted by molar-refractivity contribution is 9.10. The summed E-state index contributed by atoms with van der Waals surface area (Å²) in [6.45, 7) is 8.22. The van der Waals surface area contributed by atoms with Crippen LogP contribution in [0.1, 0.15) is 42.4 Å². The van der Waals surface area contributed by atoms with Crippen LogP contribution >= 0.6 is 15.9 Å². The number of aromatic nitrogens is 1. The molecule has 0 saturated carbocycles. The largest absolute Gasteiger partial charge is 0.478 e. The molecule has 0 aliphatic carbocycles. The zero-order valence-electron chi connectivity index (χ0n) is 12.6. The second kappa shape index (κ2) is 5.60. The number of hydrogen-bond acceptors (Lipinski definition) is 2. The predicted octanol–water partition coefficient (Wildman–Crippen LogP) is 4.82. The molecule has 0 fully saturated rings. The maximum absolute atomic E-state index is 11.1. The molecule has 1 N–H and O–H groups in total. The number of aromatic carboxylic acids is 1. The van der Waals surface area contributed by atoms with Crippen molar-refractivity contribution >= 4 is 21.9 Å². The topological polar surface area (TPSA) is 50.2 Å². The Morgan fingerprint density at radius 2 is 1.76 bits per heavy atom. The van der Waals surface area contributed by atoms with E-state index in [1.165, 1.54) is 5.56 Å². The van der Waals surface area contributed by atoms with E-state index in [-0.39, 0.29) is 11.0 Å². The molecule has 1 aromatic heterocycles. The summed E-state index contributed by atoms with van der Waals surface area (Å²) in [4.78, 5) is 15.5. The fourth-order valence-corrected chi connectivity index (χ4v) is 2.67. The molecule has 1 heterocycles. The molecule has 0 radical (unpaired) electrons. The summed E-state index contributed by atoms with van der Waals surface area (Å²) >= 11 is 3.42. The van der Waals surface area contributed by atoms with Crippen LogP contribution in [-0.2, 0) is 5.41 Å². The van der Waals surface area contributed by atoms with Gasteiger partial charge in [0.15, 0.2) is 0 Å². The molecule has 0 aliphatic heterocycles. The van der Waals surface area contributed by atoms with Crippen LogP contribution in [0.15, 0.2) is 34.8 Å². The van der Waals surface area contributed by atoms with Crippen LogP contribution in [0.25, 0.3) is 11.3 Å².